The zero-order chi connectivity index (χ0) is 22.8. The Labute approximate surface area is 203 Å². The lowest BCUT2D eigenvalue weighted by Gasteiger charge is -2.35. The lowest BCUT2D eigenvalue weighted by atomic mass is 10.0. The fourth-order valence-electron chi connectivity index (χ4n) is 4.37. The number of rotatable bonds is 4. The van der Waals surface area contributed by atoms with Crippen molar-refractivity contribution in [1.29, 1.82) is 0 Å². The number of hydrogen-bond donors (Lipinski definition) is 0. The number of amides is 1. The van der Waals surface area contributed by atoms with Gasteiger partial charge in [0.2, 0.25) is 0 Å². The van der Waals surface area contributed by atoms with Gasteiger partial charge in [0.1, 0.15) is 0 Å². The second-order valence-corrected chi connectivity index (χ2v) is 9.55. The second-order valence-electron chi connectivity index (χ2n) is 8.64. The zero-order valence-corrected chi connectivity index (χ0v) is 20.3. The van der Waals surface area contributed by atoms with E-state index in [2.05, 4.69) is 76.3 Å². The maximum absolute atomic E-state index is 13.7. The van der Waals surface area contributed by atoms with Crippen molar-refractivity contribution in [2.45, 2.75) is 13.5 Å². The van der Waals surface area contributed by atoms with E-state index in [1.165, 1.54) is 11.1 Å². The number of nitrogens with zero attached hydrogens (tertiary/aromatic N) is 3. The van der Waals surface area contributed by atoms with Crippen molar-refractivity contribution in [3.05, 3.63) is 100 Å². The summed E-state index contributed by atoms with van der Waals surface area (Å²) in [5.41, 5.74) is 5.91. The number of carbonyl (C=O) groups excluding carboxylic acids is 1. The van der Waals surface area contributed by atoms with E-state index in [4.69, 9.17) is 4.98 Å². The Morgan fingerprint density at radius 1 is 0.909 bits per heavy atom. The first-order valence-corrected chi connectivity index (χ1v) is 12.1. The van der Waals surface area contributed by atoms with E-state index in [-0.39, 0.29) is 5.91 Å². The summed E-state index contributed by atoms with van der Waals surface area (Å²) < 4.78 is 0.946. The van der Waals surface area contributed by atoms with E-state index < -0.39 is 0 Å². The molecule has 4 nitrogen and oxygen atoms in total. The zero-order valence-electron chi connectivity index (χ0n) is 18.7. The topological polar surface area (TPSA) is 36.4 Å². The van der Waals surface area contributed by atoms with Gasteiger partial charge in [0.05, 0.1) is 16.8 Å². The average Bonchev–Trinajstić information content (AvgIpc) is 2.84. The Hall–Kier alpha value is -3.02. The van der Waals surface area contributed by atoms with Gasteiger partial charge in [-0.3, -0.25) is 9.69 Å². The Bertz CT molecular complexity index is 1280. The molecule has 1 aliphatic heterocycles. The quantitative estimate of drug-likeness (QED) is 0.349. The standard InChI is InChI=1S/C28H26BrN3O/c1-20-7-9-22(10-8-20)27-18-25(24-17-23(29)11-12-26(24)30-27)28(33)32-15-13-31(14-16-32)19-21-5-3-2-4-6-21/h2-12,17-18H,13-16,19H2,1H3. The van der Waals surface area contributed by atoms with Gasteiger partial charge in [0.15, 0.2) is 0 Å². The molecule has 0 unspecified atom stereocenters. The molecule has 0 N–H and O–H groups in total. The van der Waals surface area contributed by atoms with Gasteiger partial charge in [-0.05, 0) is 36.8 Å². The highest BCUT2D eigenvalue weighted by Gasteiger charge is 2.24. The van der Waals surface area contributed by atoms with Crippen LogP contribution in [0.25, 0.3) is 22.2 Å². The number of halogens is 1. The molecule has 0 spiro atoms. The van der Waals surface area contributed by atoms with Gasteiger partial charge in [-0.25, -0.2) is 4.98 Å². The molecule has 2 heterocycles. The average molecular weight is 500 g/mol. The monoisotopic (exact) mass is 499 g/mol. The van der Waals surface area contributed by atoms with Crippen LogP contribution in [0.2, 0.25) is 0 Å². The predicted octanol–water partition coefficient (Wildman–Crippen LogP) is 5.93. The largest absolute Gasteiger partial charge is 0.336 e. The summed E-state index contributed by atoms with van der Waals surface area (Å²) in [7, 11) is 0. The summed E-state index contributed by atoms with van der Waals surface area (Å²) in [4.78, 5) is 23.0. The van der Waals surface area contributed by atoms with Crippen molar-refractivity contribution in [2.24, 2.45) is 0 Å². The summed E-state index contributed by atoms with van der Waals surface area (Å²) in [6, 6.07) is 26.7. The van der Waals surface area contributed by atoms with Crippen LogP contribution in [0.3, 0.4) is 0 Å². The SMILES string of the molecule is Cc1ccc(-c2cc(C(=O)N3CCN(Cc4ccccc4)CC3)c3cc(Br)ccc3n2)cc1. The molecule has 0 bridgehead atoms. The molecule has 0 radical (unpaired) electrons. The number of carbonyl (C=O) groups is 1. The van der Waals surface area contributed by atoms with Crippen molar-refractivity contribution < 1.29 is 4.79 Å². The van der Waals surface area contributed by atoms with Crippen LogP contribution >= 0.6 is 15.9 Å². The lowest BCUT2D eigenvalue weighted by Crippen LogP contribution is -2.48. The van der Waals surface area contributed by atoms with Crippen molar-refractivity contribution in [3.63, 3.8) is 0 Å². The first-order valence-electron chi connectivity index (χ1n) is 11.3. The van der Waals surface area contributed by atoms with E-state index in [9.17, 15) is 4.79 Å². The lowest BCUT2D eigenvalue weighted by molar-refractivity contribution is 0.0630. The molecule has 0 atom stereocenters. The Morgan fingerprint density at radius 2 is 1.64 bits per heavy atom. The molecule has 4 aromatic rings. The predicted molar refractivity (Wildman–Crippen MR) is 137 cm³/mol. The molecule has 1 fully saturated rings. The van der Waals surface area contributed by atoms with E-state index >= 15 is 0 Å². The highest BCUT2D eigenvalue weighted by atomic mass is 79.9. The summed E-state index contributed by atoms with van der Waals surface area (Å²) in [6.45, 7) is 6.19. The maximum atomic E-state index is 13.7. The summed E-state index contributed by atoms with van der Waals surface area (Å²) in [6.07, 6.45) is 0. The van der Waals surface area contributed by atoms with Crippen LogP contribution in [0.1, 0.15) is 21.5 Å². The van der Waals surface area contributed by atoms with Crippen molar-refractivity contribution in [2.75, 3.05) is 26.2 Å². The van der Waals surface area contributed by atoms with E-state index in [1.807, 2.05) is 35.2 Å². The van der Waals surface area contributed by atoms with Crippen LogP contribution in [-0.4, -0.2) is 46.9 Å². The highest BCUT2D eigenvalue weighted by Crippen LogP contribution is 2.28. The van der Waals surface area contributed by atoms with Gasteiger partial charge in [-0.1, -0.05) is 76.1 Å². The molecule has 166 valence electrons. The van der Waals surface area contributed by atoms with Crippen LogP contribution < -0.4 is 0 Å². The first kappa shape index (κ1) is 21.8. The number of hydrogen-bond acceptors (Lipinski definition) is 3. The molecule has 0 aliphatic carbocycles. The van der Waals surface area contributed by atoms with Crippen molar-refractivity contribution in [3.8, 4) is 11.3 Å². The van der Waals surface area contributed by atoms with Gasteiger partial charge in [0, 0.05) is 48.1 Å². The van der Waals surface area contributed by atoms with Gasteiger partial charge in [-0.15, -0.1) is 0 Å². The second kappa shape index (κ2) is 9.46. The van der Waals surface area contributed by atoms with Crippen molar-refractivity contribution >= 4 is 32.7 Å². The summed E-state index contributed by atoms with van der Waals surface area (Å²) in [5, 5.41) is 0.886. The Kier molecular flexibility index (Phi) is 6.25. The normalized spacial score (nSPS) is 14.5. The van der Waals surface area contributed by atoms with Gasteiger partial charge in [-0.2, -0.15) is 0 Å². The summed E-state index contributed by atoms with van der Waals surface area (Å²) >= 11 is 3.56. The van der Waals surface area contributed by atoms with E-state index in [1.54, 1.807) is 0 Å². The molecular formula is C28H26BrN3O. The minimum absolute atomic E-state index is 0.0771. The molecule has 33 heavy (non-hydrogen) atoms. The molecule has 1 aromatic heterocycles. The van der Waals surface area contributed by atoms with E-state index in [0.29, 0.717) is 5.56 Å². The summed E-state index contributed by atoms with van der Waals surface area (Å²) in [5.74, 6) is 0.0771. The minimum atomic E-state index is 0.0771. The molecule has 1 aliphatic rings. The minimum Gasteiger partial charge on any atom is -0.336 e. The molecule has 5 rings (SSSR count). The first-order chi connectivity index (χ1) is 16.1. The third-order valence-corrected chi connectivity index (χ3v) is 6.75. The van der Waals surface area contributed by atoms with Crippen LogP contribution in [0.15, 0.2) is 83.3 Å². The van der Waals surface area contributed by atoms with E-state index in [0.717, 1.165) is 59.4 Å². The Balaban J connectivity index is 1.41. The molecule has 5 heteroatoms. The van der Waals surface area contributed by atoms with Gasteiger partial charge in [0.25, 0.3) is 5.91 Å². The number of fused-ring (bicyclic) bond motifs is 1. The number of aromatic nitrogens is 1. The van der Waals surface area contributed by atoms with Crippen LogP contribution in [-0.2, 0) is 6.54 Å². The van der Waals surface area contributed by atoms with Crippen molar-refractivity contribution in [1.82, 2.24) is 14.8 Å². The number of benzene rings is 3. The van der Waals surface area contributed by atoms with Gasteiger partial charge < -0.3 is 4.90 Å². The fraction of sp³-hybridized carbons (Fsp3) is 0.214. The van der Waals surface area contributed by atoms with Crippen LogP contribution in [0, 0.1) is 6.92 Å². The number of piperazine rings is 1. The smallest absolute Gasteiger partial charge is 0.254 e. The Morgan fingerprint density at radius 3 is 2.36 bits per heavy atom. The third kappa shape index (κ3) is 4.85. The van der Waals surface area contributed by atoms with Crippen LogP contribution in [0.5, 0.6) is 0 Å². The molecular weight excluding hydrogens is 474 g/mol. The fourth-order valence-corrected chi connectivity index (χ4v) is 4.73. The molecule has 3 aromatic carbocycles. The molecule has 1 saturated heterocycles. The number of aryl methyl sites for hydroxylation is 1. The number of pyridine rings is 1. The highest BCUT2D eigenvalue weighted by molar-refractivity contribution is 9.10. The van der Waals surface area contributed by atoms with Gasteiger partial charge >= 0.3 is 0 Å². The van der Waals surface area contributed by atoms with Crippen LogP contribution in [0.4, 0.5) is 0 Å². The molecule has 0 saturated carbocycles. The molecule has 1 amide bonds. The third-order valence-electron chi connectivity index (χ3n) is 6.26. The maximum Gasteiger partial charge on any atom is 0.254 e.